The Hall–Kier alpha value is -0.0800. The summed E-state index contributed by atoms with van der Waals surface area (Å²) in [6.45, 7) is 11.7. The first-order chi connectivity index (χ1) is 5.69. The highest BCUT2D eigenvalue weighted by atomic mass is 16.5. The minimum absolute atomic E-state index is 0.0918. The van der Waals surface area contributed by atoms with Gasteiger partial charge >= 0.3 is 0 Å². The van der Waals surface area contributed by atoms with E-state index in [9.17, 15) is 0 Å². The molecule has 0 aliphatic rings. The maximum atomic E-state index is 6.01. The van der Waals surface area contributed by atoms with Gasteiger partial charge in [0.15, 0.2) is 0 Å². The summed E-state index contributed by atoms with van der Waals surface area (Å²) in [5.41, 5.74) is 6.17. The largest absolute Gasteiger partial charge is 0.384 e. The Bertz CT molecular complexity index is 147. The third-order valence-electron chi connectivity index (χ3n) is 2.66. The SMILES string of the molecule is COCC(C)C(C)(C)CC(C)(C)N. The molecule has 0 fully saturated rings. The molecule has 0 aliphatic carbocycles. The van der Waals surface area contributed by atoms with Crippen LogP contribution < -0.4 is 5.73 Å². The van der Waals surface area contributed by atoms with Crippen molar-refractivity contribution < 1.29 is 4.74 Å². The molecule has 0 saturated heterocycles. The molecule has 0 aromatic carbocycles. The number of nitrogens with two attached hydrogens (primary N) is 1. The standard InChI is InChI=1S/C11H25NO/c1-9(7-13-6)10(2,3)8-11(4,5)12/h9H,7-8,12H2,1-6H3. The highest BCUT2D eigenvalue weighted by Crippen LogP contribution is 2.34. The molecule has 0 spiro atoms. The van der Waals surface area contributed by atoms with Crippen molar-refractivity contribution in [3.63, 3.8) is 0 Å². The Kier molecular flexibility index (Phi) is 4.40. The lowest BCUT2D eigenvalue weighted by atomic mass is 9.72. The van der Waals surface area contributed by atoms with Gasteiger partial charge in [-0.05, 0) is 31.6 Å². The van der Waals surface area contributed by atoms with Gasteiger partial charge in [-0.1, -0.05) is 20.8 Å². The molecule has 80 valence electrons. The van der Waals surface area contributed by atoms with Crippen molar-refractivity contribution in [2.75, 3.05) is 13.7 Å². The summed E-state index contributed by atoms with van der Waals surface area (Å²) >= 11 is 0. The van der Waals surface area contributed by atoms with E-state index in [1.165, 1.54) is 0 Å². The predicted octanol–water partition coefficient (Wildman–Crippen LogP) is 2.42. The highest BCUT2D eigenvalue weighted by Gasteiger charge is 2.30. The molecule has 0 heterocycles. The summed E-state index contributed by atoms with van der Waals surface area (Å²) in [6, 6.07) is 0. The molecule has 1 unspecified atom stereocenters. The number of ether oxygens (including phenoxy) is 1. The lowest BCUT2D eigenvalue weighted by Gasteiger charge is -2.37. The van der Waals surface area contributed by atoms with Crippen molar-refractivity contribution in [2.24, 2.45) is 17.1 Å². The first kappa shape index (κ1) is 12.9. The molecule has 0 saturated carbocycles. The summed E-state index contributed by atoms with van der Waals surface area (Å²) in [5, 5.41) is 0. The van der Waals surface area contributed by atoms with Gasteiger partial charge in [0.25, 0.3) is 0 Å². The van der Waals surface area contributed by atoms with E-state index in [1.54, 1.807) is 7.11 Å². The van der Waals surface area contributed by atoms with Gasteiger partial charge in [0.1, 0.15) is 0 Å². The van der Waals surface area contributed by atoms with E-state index in [4.69, 9.17) is 10.5 Å². The van der Waals surface area contributed by atoms with E-state index in [2.05, 4.69) is 34.6 Å². The first-order valence-electron chi connectivity index (χ1n) is 4.97. The van der Waals surface area contributed by atoms with Gasteiger partial charge < -0.3 is 10.5 Å². The van der Waals surface area contributed by atoms with Crippen molar-refractivity contribution in [1.82, 2.24) is 0 Å². The van der Waals surface area contributed by atoms with E-state index < -0.39 is 0 Å². The van der Waals surface area contributed by atoms with E-state index in [0.29, 0.717) is 5.92 Å². The van der Waals surface area contributed by atoms with Crippen LogP contribution in [-0.4, -0.2) is 19.3 Å². The van der Waals surface area contributed by atoms with Crippen LogP contribution in [0.25, 0.3) is 0 Å². The van der Waals surface area contributed by atoms with Gasteiger partial charge in [-0.15, -0.1) is 0 Å². The van der Waals surface area contributed by atoms with Crippen LogP contribution in [0.2, 0.25) is 0 Å². The molecular weight excluding hydrogens is 162 g/mol. The third kappa shape index (κ3) is 5.27. The summed E-state index contributed by atoms with van der Waals surface area (Å²) in [7, 11) is 1.75. The summed E-state index contributed by atoms with van der Waals surface area (Å²) in [6.07, 6.45) is 1.02. The third-order valence-corrected chi connectivity index (χ3v) is 2.66. The fraction of sp³-hybridized carbons (Fsp3) is 1.00. The molecule has 0 aromatic heterocycles. The van der Waals surface area contributed by atoms with Crippen LogP contribution in [0.1, 0.15) is 41.0 Å². The maximum absolute atomic E-state index is 6.01. The molecule has 2 nitrogen and oxygen atoms in total. The van der Waals surface area contributed by atoms with Gasteiger partial charge in [0, 0.05) is 19.3 Å². The molecule has 2 N–H and O–H groups in total. The lowest BCUT2D eigenvalue weighted by molar-refractivity contribution is 0.0741. The molecular formula is C11H25NO. The zero-order valence-electron chi connectivity index (χ0n) is 9.98. The van der Waals surface area contributed by atoms with E-state index in [-0.39, 0.29) is 11.0 Å². The predicted molar refractivity (Wildman–Crippen MR) is 57.7 cm³/mol. The fourth-order valence-corrected chi connectivity index (χ4v) is 1.82. The Morgan fingerprint density at radius 3 is 2.00 bits per heavy atom. The van der Waals surface area contributed by atoms with Crippen LogP contribution >= 0.6 is 0 Å². The highest BCUT2D eigenvalue weighted by molar-refractivity contribution is 4.85. The Morgan fingerprint density at radius 2 is 1.69 bits per heavy atom. The summed E-state index contributed by atoms with van der Waals surface area (Å²) in [4.78, 5) is 0. The van der Waals surface area contributed by atoms with Crippen molar-refractivity contribution in [3.05, 3.63) is 0 Å². The summed E-state index contributed by atoms with van der Waals surface area (Å²) in [5.74, 6) is 0.542. The minimum atomic E-state index is -0.0918. The van der Waals surface area contributed by atoms with Crippen LogP contribution in [0.3, 0.4) is 0 Å². The van der Waals surface area contributed by atoms with Gasteiger partial charge in [-0.3, -0.25) is 0 Å². The first-order valence-corrected chi connectivity index (χ1v) is 4.97. The summed E-state index contributed by atoms with van der Waals surface area (Å²) < 4.78 is 5.16. The van der Waals surface area contributed by atoms with Crippen molar-refractivity contribution in [1.29, 1.82) is 0 Å². The van der Waals surface area contributed by atoms with Crippen LogP contribution in [0.4, 0.5) is 0 Å². The second-order valence-electron chi connectivity index (χ2n) is 5.51. The topological polar surface area (TPSA) is 35.2 Å². The average molecular weight is 187 g/mol. The second-order valence-corrected chi connectivity index (χ2v) is 5.51. The molecule has 0 aromatic rings. The van der Waals surface area contributed by atoms with E-state index >= 15 is 0 Å². The average Bonchev–Trinajstić information content (AvgIpc) is 1.82. The van der Waals surface area contributed by atoms with Crippen molar-refractivity contribution in [2.45, 2.75) is 46.6 Å². The van der Waals surface area contributed by atoms with Gasteiger partial charge in [0.2, 0.25) is 0 Å². The van der Waals surface area contributed by atoms with Gasteiger partial charge in [-0.25, -0.2) is 0 Å². The van der Waals surface area contributed by atoms with Crippen LogP contribution in [0.5, 0.6) is 0 Å². The lowest BCUT2D eigenvalue weighted by Crippen LogP contribution is -2.40. The van der Waals surface area contributed by atoms with Crippen molar-refractivity contribution in [3.8, 4) is 0 Å². The zero-order chi connectivity index (χ0) is 10.7. The molecule has 0 rings (SSSR count). The van der Waals surface area contributed by atoms with Gasteiger partial charge in [-0.2, -0.15) is 0 Å². The molecule has 1 atom stereocenters. The normalized spacial score (nSPS) is 15.9. The van der Waals surface area contributed by atoms with E-state index in [0.717, 1.165) is 13.0 Å². The Balaban J connectivity index is 4.21. The molecule has 13 heavy (non-hydrogen) atoms. The van der Waals surface area contributed by atoms with Crippen LogP contribution in [0.15, 0.2) is 0 Å². The van der Waals surface area contributed by atoms with Gasteiger partial charge in [0.05, 0.1) is 0 Å². The van der Waals surface area contributed by atoms with Crippen LogP contribution in [-0.2, 0) is 4.74 Å². The number of hydrogen-bond acceptors (Lipinski definition) is 2. The van der Waals surface area contributed by atoms with E-state index in [1.807, 2.05) is 0 Å². The molecule has 0 radical (unpaired) electrons. The van der Waals surface area contributed by atoms with Crippen LogP contribution in [0, 0.1) is 11.3 Å². The smallest absolute Gasteiger partial charge is 0.0492 e. The fourth-order valence-electron chi connectivity index (χ4n) is 1.82. The molecule has 0 bridgehead atoms. The minimum Gasteiger partial charge on any atom is -0.384 e. The Morgan fingerprint density at radius 1 is 1.23 bits per heavy atom. The number of hydrogen-bond donors (Lipinski definition) is 1. The number of methoxy groups -OCH3 is 1. The quantitative estimate of drug-likeness (QED) is 0.717. The molecule has 2 heteroatoms. The second kappa shape index (κ2) is 4.43. The monoisotopic (exact) mass is 187 g/mol. The number of rotatable bonds is 5. The Labute approximate surface area is 82.8 Å². The molecule has 0 aliphatic heterocycles. The molecule has 0 amide bonds. The van der Waals surface area contributed by atoms with Crippen molar-refractivity contribution >= 4 is 0 Å². The zero-order valence-corrected chi connectivity index (χ0v) is 9.98. The maximum Gasteiger partial charge on any atom is 0.0492 e.